The van der Waals surface area contributed by atoms with Gasteiger partial charge in [0, 0.05) is 22.2 Å². The third-order valence-corrected chi connectivity index (χ3v) is 5.80. The molecule has 1 aliphatic rings. The van der Waals surface area contributed by atoms with Crippen LogP contribution in [0.25, 0.3) is 0 Å². The van der Waals surface area contributed by atoms with E-state index >= 15 is 0 Å². The second kappa shape index (κ2) is 8.50. The van der Waals surface area contributed by atoms with E-state index in [2.05, 4.69) is 0 Å². The van der Waals surface area contributed by atoms with Crippen molar-refractivity contribution in [3.63, 3.8) is 0 Å². The van der Waals surface area contributed by atoms with Crippen molar-refractivity contribution in [2.75, 3.05) is 16.3 Å². The van der Waals surface area contributed by atoms with E-state index in [1.807, 2.05) is 55.5 Å². The molecule has 0 saturated heterocycles. The van der Waals surface area contributed by atoms with Crippen LogP contribution in [0.15, 0.2) is 72.8 Å². The molecule has 4 nitrogen and oxygen atoms in total. The summed E-state index contributed by atoms with van der Waals surface area (Å²) in [4.78, 5) is 30.0. The van der Waals surface area contributed by atoms with E-state index in [1.165, 1.54) is 0 Å². The third-order valence-electron chi connectivity index (χ3n) is 5.22. The Kier molecular flexibility index (Phi) is 5.80. The third kappa shape index (κ3) is 3.93. The predicted octanol–water partition coefficient (Wildman–Crippen LogP) is 5.82. The highest BCUT2D eigenvalue weighted by atomic mass is 35.5. The highest BCUT2D eigenvalue weighted by Gasteiger charge is 2.34. The normalized spacial score (nSPS) is 16.2. The Morgan fingerprint density at radius 3 is 2.33 bits per heavy atom. The molecule has 0 saturated carbocycles. The zero-order chi connectivity index (χ0) is 21.3. The number of fused-ring (bicyclic) bond motifs is 1. The van der Waals surface area contributed by atoms with Gasteiger partial charge in [-0.25, -0.2) is 0 Å². The van der Waals surface area contributed by atoms with Crippen LogP contribution in [0.3, 0.4) is 0 Å². The second-order valence-electron chi connectivity index (χ2n) is 7.33. The first-order valence-electron chi connectivity index (χ1n) is 9.67. The molecule has 0 N–H and O–H groups in total. The van der Waals surface area contributed by atoms with Gasteiger partial charge in [-0.2, -0.15) is 0 Å². The Hall–Kier alpha value is -2.82. The number of hydrogen-bond acceptors (Lipinski definition) is 2. The van der Waals surface area contributed by atoms with E-state index in [-0.39, 0.29) is 17.7 Å². The SMILES string of the molecule is CC1CN(C(=O)c2ccccc2)c2ccccc2N(Cc2ccc(Cl)cc2Cl)C1=O. The number of anilines is 2. The summed E-state index contributed by atoms with van der Waals surface area (Å²) in [5, 5.41) is 1.04. The van der Waals surface area contributed by atoms with Crippen LogP contribution in [-0.2, 0) is 11.3 Å². The minimum Gasteiger partial charge on any atom is -0.306 e. The quantitative estimate of drug-likeness (QED) is 0.516. The molecule has 3 aromatic rings. The lowest BCUT2D eigenvalue weighted by atomic mass is 10.1. The summed E-state index contributed by atoms with van der Waals surface area (Å²) in [5.74, 6) is -0.568. The van der Waals surface area contributed by atoms with Crippen molar-refractivity contribution in [1.82, 2.24) is 0 Å². The molecule has 0 spiro atoms. The standard InChI is InChI=1S/C24H20Cl2N2O2/c1-16-14-27(24(30)17-7-3-2-4-8-17)21-9-5-6-10-22(21)28(23(16)29)15-18-11-12-19(25)13-20(18)26/h2-13,16H,14-15H2,1H3. The molecule has 4 rings (SSSR count). The molecular weight excluding hydrogens is 419 g/mol. The number of halogens is 2. The van der Waals surface area contributed by atoms with Crippen molar-refractivity contribution in [2.24, 2.45) is 5.92 Å². The summed E-state index contributed by atoms with van der Waals surface area (Å²) in [6.07, 6.45) is 0. The molecule has 0 aliphatic carbocycles. The fraction of sp³-hybridized carbons (Fsp3) is 0.167. The summed E-state index contributed by atoms with van der Waals surface area (Å²) >= 11 is 12.4. The molecule has 30 heavy (non-hydrogen) atoms. The first-order chi connectivity index (χ1) is 14.5. The van der Waals surface area contributed by atoms with Gasteiger partial charge in [0.2, 0.25) is 5.91 Å². The van der Waals surface area contributed by atoms with Crippen molar-refractivity contribution in [3.05, 3.63) is 94.0 Å². The molecular formula is C24H20Cl2N2O2. The van der Waals surface area contributed by atoms with Crippen LogP contribution in [0.2, 0.25) is 10.0 Å². The summed E-state index contributed by atoms with van der Waals surface area (Å²) in [5.41, 5.74) is 2.76. The maximum absolute atomic E-state index is 13.3. The van der Waals surface area contributed by atoms with Gasteiger partial charge in [0.1, 0.15) is 0 Å². The number of nitrogens with zero attached hydrogens (tertiary/aromatic N) is 2. The number of amides is 2. The highest BCUT2D eigenvalue weighted by Crippen LogP contribution is 2.36. The Morgan fingerprint density at radius 1 is 0.967 bits per heavy atom. The summed E-state index contributed by atoms with van der Waals surface area (Å²) in [6, 6.07) is 21.8. The van der Waals surface area contributed by atoms with E-state index in [9.17, 15) is 9.59 Å². The van der Waals surface area contributed by atoms with Crippen LogP contribution in [0.1, 0.15) is 22.8 Å². The van der Waals surface area contributed by atoms with E-state index in [0.717, 1.165) is 5.56 Å². The summed E-state index contributed by atoms with van der Waals surface area (Å²) in [7, 11) is 0. The van der Waals surface area contributed by atoms with Gasteiger partial charge in [0.05, 0.1) is 23.8 Å². The molecule has 1 heterocycles. The zero-order valence-electron chi connectivity index (χ0n) is 16.4. The van der Waals surface area contributed by atoms with Crippen molar-refractivity contribution in [2.45, 2.75) is 13.5 Å². The molecule has 6 heteroatoms. The fourth-order valence-corrected chi connectivity index (χ4v) is 4.14. The average Bonchev–Trinajstić information content (AvgIpc) is 2.86. The smallest absolute Gasteiger partial charge is 0.258 e. The van der Waals surface area contributed by atoms with Crippen LogP contribution in [0.5, 0.6) is 0 Å². The first-order valence-corrected chi connectivity index (χ1v) is 10.4. The van der Waals surface area contributed by atoms with Gasteiger partial charge >= 0.3 is 0 Å². The molecule has 0 radical (unpaired) electrons. The minimum absolute atomic E-state index is 0.0585. The number of hydrogen-bond donors (Lipinski definition) is 0. The maximum Gasteiger partial charge on any atom is 0.258 e. The number of benzene rings is 3. The molecule has 2 amide bonds. The molecule has 1 unspecified atom stereocenters. The lowest BCUT2D eigenvalue weighted by Gasteiger charge is -2.26. The van der Waals surface area contributed by atoms with Crippen LogP contribution in [0.4, 0.5) is 11.4 Å². The molecule has 0 aromatic heterocycles. The van der Waals surface area contributed by atoms with E-state index in [4.69, 9.17) is 23.2 Å². The van der Waals surface area contributed by atoms with E-state index < -0.39 is 0 Å². The van der Waals surface area contributed by atoms with Gasteiger partial charge in [-0.3, -0.25) is 9.59 Å². The lowest BCUT2D eigenvalue weighted by Crippen LogP contribution is -2.38. The average molecular weight is 439 g/mol. The Balaban J connectivity index is 1.77. The minimum atomic E-state index is -0.379. The molecule has 1 aliphatic heterocycles. The first kappa shape index (κ1) is 20.5. The molecule has 3 aromatic carbocycles. The van der Waals surface area contributed by atoms with Crippen LogP contribution >= 0.6 is 23.2 Å². The molecule has 0 bridgehead atoms. The summed E-state index contributed by atoms with van der Waals surface area (Å²) in [6.45, 7) is 2.44. The zero-order valence-corrected chi connectivity index (χ0v) is 17.9. The maximum atomic E-state index is 13.3. The Bertz CT molecular complexity index is 1100. The topological polar surface area (TPSA) is 40.6 Å². The number of carbonyl (C=O) groups is 2. The van der Waals surface area contributed by atoms with Gasteiger partial charge in [0.25, 0.3) is 5.91 Å². The number of rotatable bonds is 3. The van der Waals surface area contributed by atoms with Crippen LogP contribution in [0, 0.1) is 5.92 Å². The molecule has 0 fully saturated rings. The van der Waals surface area contributed by atoms with Crippen molar-refractivity contribution < 1.29 is 9.59 Å². The Labute approximate surface area is 185 Å². The lowest BCUT2D eigenvalue weighted by molar-refractivity contribution is -0.121. The van der Waals surface area contributed by atoms with Crippen molar-refractivity contribution in [3.8, 4) is 0 Å². The van der Waals surface area contributed by atoms with E-state index in [0.29, 0.717) is 40.1 Å². The molecule has 152 valence electrons. The monoisotopic (exact) mass is 438 g/mol. The largest absolute Gasteiger partial charge is 0.306 e. The van der Waals surface area contributed by atoms with Crippen LogP contribution in [-0.4, -0.2) is 18.4 Å². The molecule has 1 atom stereocenters. The van der Waals surface area contributed by atoms with Crippen molar-refractivity contribution in [1.29, 1.82) is 0 Å². The van der Waals surface area contributed by atoms with Gasteiger partial charge in [-0.1, -0.05) is 66.5 Å². The van der Waals surface area contributed by atoms with E-state index in [1.54, 1.807) is 34.1 Å². The summed E-state index contributed by atoms with van der Waals surface area (Å²) < 4.78 is 0. The van der Waals surface area contributed by atoms with Gasteiger partial charge in [0.15, 0.2) is 0 Å². The predicted molar refractivity (Wildman–Crippen MR) is 121 cm³/mol. The van der Waals surface area contributed by atoms with Gasteiger partial charge in [-0.05, 0) is 42.0 Å². The fourth-order valence-electron chi connectivity index (χ4n) is 3.67. The van der Waals surface area contributed by atoms with Gasteiger partial charge < -0.3 is 9.80 Å². The van der Waals surface area contributed by atoms with Crippen LogP contribution < -0.4 is 9.80 Å². The number of carbonyl (C=O) groups excluding carboxylic acids is 2. The van der Waals surface area contributed by atoms with Crippen molar-refractivity contribution >= 4 is 46.4 Å². The highest BCUT2D eigenvalue weighted by molar-refractivity contribution is 6.35. The Morgan fingerprint density at radius 2 is 1.63 bits per heavy atom. The second-order valence-corrected chi connectivity index (χ2v) is 8.18. The van der Waals surface area contributed by atoms with Gasteiger partial charge in [-0.15, -0.1) is 0 Å². The number of para-hydroxylation sites is 2.